The van der Waals surface area contributed by atoms with Crippen LogP contribution in [0.2, 0.25) is 5.02 Å². The summed E-state index contributed by atoms with van der Waals surface area (Å²) in [5.41, 5.74) is 1.02. The molecule has 2 aromatic heterocycles. The Morgan fingerprint density at radius 2 is 1.81 bits per heavy atom. The number of rotatable bonds is 3. The van der Waals surface area contributed by atoms with Crippen LogP contribution in [0.1, 0.15) is 11.4 Å². The largest absolute Gasteiger partial charge is 0.453 e. The van der Waals surface area contributed by atoms with Crippen LogP contribution >= 0.6 is 11.6 Å². The van der Waals surface area contributed by atoms with Crippen molar-refractivity contribution in [3.05, 3.63) is 46.7 Å². The summed E-state index contributed by atoms with van der Waals surface area (Å²) >= 11 is 6.15. The Morgan fingerprint density at radius 1 is 1.11 bits per heavy atom. The van der Waals surface area contributed by atoms with Crippen LogP contribution in [0.15, 0.2) is 35.4 Å². The fraction of sp³-hybridized carbons (Fsp3) is 0.200. The van der Waals surface area contributed by atoms with E-state index in [0.717, 1.165) is 22.6 Å². The van der Waals surface area contributed by atoms with Gasteiger partial charge in [-0.2, -0.15) is 17.9 Å². The average Bonchev–Trinajstić information content (AvgIpc) is 2.99. The molecule has 3 rings (SSSR count). The Morgan fingerprint density at radius 3 is 2.33 bits per heavy atom. The zero-order valence-electron chi connectivity index (χ0n) is 13.9. The highest BCUT2D eigenvalue weighted by Gasteiger charge is 2.38. The van der Waals surface area contributed by atoms with Crippen molar-refractivity contribution < 1.29 is 21.6 Å². The molecule has 0 fully saturated rings. The van der Waals surface area contributed by atoms with Gasteiger partial charge in [-0.15, -0.1) is 15.3 Å². The van der Waals surface area contributed by atoms with Crippen molar-refractivity contribution in [1.82, 2.24) is 25.0 Å². The maximum absolute atomic E-state index is 13.1. The van der Waals surface area contributed by atoms with Gasteiger partial charge in [0.25, 0.3) is 5.82 Å². The molecule has 1 aromatic carbocycles. The van der Waals surface area contributed by atoms with E-state index in [1.54, 1.807) is 19.1 Å². The van der Waals surface area contributed by atoms with Crippen molar-refractivity contribution in [3.63, 3.8) is 0 Å². The minimum Gasteiger partial charge on any atom is -0.222 e. The molecule has 0 radical (unpaired) electrons. The van der Waals surface area contributed by atoms with E-state index in [9.17, 15) is 21.6 Å². The number of alkyl halides is 3. The number of aromatic nitrogens is 5. The molecule has 0 spiro atoms. The fourth-order valence-corrected chi connectivity index (χ4v) is 3.02. The highest BCUT2D eigenvalue weighted by Crippen LogP contribution is 2.33. The molecule has 0 saturated carbocycles. The molecule has 0 aliphatic heterocycles. The first-order valence-electron chi connectivity index (χ1n) is 7.32. The maximum Gasteiger partial charge on any atom is 0.453 e. The predicted molar refractivity (Wildman–Crippen MR) is 90.2 cm³/mol. The van der Waals surface area contributed by atoms with E-state index >= 15 is 0 Å². The minimum absolute atomic E-state index is 0.142. The van der Waals surface area contributed by atoms with Gasteiger partial charge in [0.1, 0.15) is 0 Å². The molecular formula is C15H11ClF3N5O2S. The zero-order valence-corrected chi connectivity index (χ0v) is 15.4. The predicted octanol–water partition coefficient (Wildman–Crippen LogP) is 3.11. The number of hydrogen-bond acceptors (Lipinski definition) is 6. The second kappa shape index (κ2) is 6.57. The summed E-state index contributed by atoms with van der Waals surface area (Å²) in [7, 11) is -3.61. The topological polar surface area (TPSA) is 90.6 Å². The van der Waals surface area contributed by atoms with Crippen molar-refractivity contribution in [1.29, 1.82) is 0 Å². The van der Waals surface area contributed by atoms with Gasteiger partial charge < -0.3 is 0 Å². The van der Waals surface area contributed by atoms with Crippen LogP contribution in [-0.2, 0) is 16.0 Å². The fourth-order valence-electron chi connectivity index (χ4n) is 2.19. The van der Waals surface area contributed by atoms with Gasteiger partial charge in [0.2, 0.25) is 0 Å². The third kappa shape index (κ3) is 3.93. The molecule has 0 unspecified atom stereocenters. The third-order valence-electron chi connectivity index (χ3n) is 3.45. The van der Waals surface area contributed by atoms with Gasteiger partial charge in [0.15, 0.2) is 26.5 Å². The Hall–Kier alpha value is -2.53. The van der Waals surface area contributed by atoms with Gasteiger partial charge in [-0.25, -0.2) is 13.4 Å². The van der Waals surface area contributed by atoms with Gasteiger partial charge in [0.05, 0.1) is 5.02 Å². The highest BCUT2D eigenvalue weighted by molar-refractivity contribution is 7.90. The van der Waals surface area contributed by atoms with Crippen LogP contribution in [-0.4, -0.2) is 39.6 Å². The van der Waals surface area contributed by atoms with Crippen LogP contribution in [0, 0.1) is 6.92 Å². The lowest BCUT2D eigenvalue weighted by Crippen LogP contribution is -2.10. The molecule has 2 heterocycles. The number of sulfone groups is 1. The molecule has 7 nitrogen and oxygen atoms in total. The average molecular weight is 418 g/mol. The number of halogens is 4. The molecular weight excluding hydrogens is 407 g/mol. The molecule has 12 heteroatoms. The summed E-state index contributed by atoms with van der Waals surface area (Å²) in [6.45, 7) is 1.77. The molecule has 0 N–H and O–H groups in total. The van der Waals surface area contributed by atoms with Crippen molar-refractivity contribution in [3.8, 4) is 17.2 Å². The van der Waals surface area contributed by atoms with E-state index in [4.69, 9.17) is 11.6 Å². The number of nitrogens with zero attached hydrogens (tertiary/aromatic N) is 5. The second-order valence-electron chi connectivity index (χ2n) is 5.65. The van der Waals surface area contributed by atoms with Crippen molar-refractivity contribution in [2.24, 2.45) is 0 Å². The van der Waals surface area contributed by atoms with Crippen LogP contribution in [0.4, 0.5) is 13.2 Å². The van der Waals surface area contributed by atoms with Crippen LogP contribution in [0.3, 0.4) is 0 Å². The Labute approximate surface area is 156 Å². The molecule has 0 saturated heterocycles. The molecule has 0 aliphatic rings. The van der Waals surface area contributed by atoms with E-state index in [-0.39, 0.29) is 27.3 Å². The van der Waals surface area contributed by atoms with Crippen LogP contribution < -0.4 is 0 Å². The summed E-state index contributed by atoms with van der Waals surface area (Å²) in [6, 6.07) is 7.04. The van der Waals surface area contributed by atoms with E-state index in [0.29, 0.717) is 0 Å². The standard InChI is InChI=1S/C15H11ClF3N5O2S/c1-8-3-4-9(10(16)7-8)13-20-14(15(17,18)19)23-24(13)11-5-6-12(22-21-11)27(2,25)26/h3-7H,1-2H3. The first-order chi connectivity index (χ1) is 12.5. The molecule has 3 aromatic rings. The van der Waals surface area contributed by atoms with E-state index in [1.165, 1.54) is 12.1 Å². The minimum atomic E-state index is -4.79. The monoisotopic (exact) mass is 417 g/mol. The van der Waals surface area contributed by atoms with Gasteiger partial charge >= 0.3 is 6.18 Å². The van der Waals surface area contributed by atoms with Gasteiger partial charge in [-0.05, 0) is 36.8 Å². The third-order valence-corrected chi connectivity index (χ3v) is 4.74. The van der Waals surface area contributed by atoms with Crippen molar-refractivity contribution in [2.75, 3.05) is 6.26 Å². The quantitative estimate of drug-likeness (QED) is 0.650. The Balaban J connectivity index is 2.21. The first-order valence-corrected chi connectivity index (χ1v) is 9.58. The molecule has 142 valence electrons. The van der Waals surface area contributed by atoms with Gasteiger partial charge in [-0.1, -0.05) is 17.7 Å². The zero-order chi connectivity index (χ0) is 20.0. The van der Waals surface area contributed by atoms with E-state index < -0.39 is 21.8 Å². The number of benzene rings is 1. The van der Waals surface area contributed by atoms with Crippen molar-refractivity contribution >= 4 is 21.4 Å². The van der Waals surface area contributed by atoms with Crippen LogP contribution in [0.25, 0.3) is 17.2 Å². The van der Waals surface area contributed by atoms with Gasteiger partial charge in [0, 0.05) is 11.8 Å². The van der Waals surface area contributed by atoms with Gasteiger partial charge in [-0.3, -0.25) is 0 Å². The Bertz CT molecular complexity index is 1110. The normalized spacial score (nSPS) is 12.4. The number of hydrogen-bond donors (Lipinski definition) is 0. The molecule has 0 bridgehead atoms. The maximum atomic E-state index is 13.1. The molecule has 0 aliphatic carbocycles. The number of aryl methyl sites for hydroxylation is 1. The summed E-state index contributed by atoms with van der Waals surface area (Å²) < 4.78 is 63.1. The lowest BCUT2D eigenvalue weighted by atomic mass is 10.1. The van der Waals surface area contributed by atoms with Crippen LogP contribution in [0.5, 0.6) is 0 Å². The molecule has 0 amide bonds. The lowest BCUT2D eigenvalue weighted by Gasteiger charge is -2.07. The highest BCUT2D eigenvalue weighted by atomic mass is 35.5. The summed E-state index contributed by atoms with van der Waals surface area (Å²) in [5, 5.41) is 10.5. The smallest absolute Gasteiger partial charge is 0.222 e. The SMILES string of the molecule is Cc1ccc(-c2nc(C(F)(F)F)nn2-c2ccc(S(C)(=O)=O)nn2)c(Cl)c1. The summed E-state index contributed by atoms with van der Waals surface area (Å²) in [6.07, 6.45) is -3.86. The molecule has 27 heavy (non-hydrogen) atoms. The van der Waals surface area contributed by atoms with E-state index in [2.05, 4.69) is 20.3 Å². The molecule has 0 atom stereocenters. The summed E-state index contributed by atoms with van der Waals surface area (Å²) in [5.74, 6) is -1.73. The second-order valence-corrected chi connectivity index (χ2v) is 8.02. The van der Waals surface area contributed by atoms with Crippen molar-refractivity contribution in [2.45, 2.75) is 18.1 Å². The Kier molecular flexibility index (Phi) is 4.68. The first kappa shape index (κ1) is 19.2. The summed E-state index contributed by atoms with van der Waals surface area (Å²) in [4.78, 5) is 3.55. The lowest BCUT2D eigenvalue weighted by molar-refractivity contribution is -0.144. The van der Waals surface area contributed by atoms with E-state index in [1.807, 2.05) is 0 Å².